The Balaban J connectivity index is 2.03. The van der Waals surface area contributed by atoms with Gasteiger partial charge in [-0.3, -0.25) is 10.1 Å². The molecule has 3 aromatic carbocycles. The van der Waals surface area contributed by atoms with Crippen molar-refractivity contribution < 1.29 is 37.4 Å². The Morgan fingerprint density at radius 2 is 1.44 bits per heavy atom. The van der Waals surface area contributed by atoms with Crippen molar-refractivity contribution in [3.05, 3.63) is 75.3 Å². The Morgan fingerprint density at radius 1 is 0.861 bits per heavy atom. The number of ether oxygens (including phenoxy) is 4. The first kappa shape index (κ1) is 26.4. The van der Waals surface area contributed by atoms with E-state index in [0.29, 0.717) is 33.9 Å². The lowest BCUT2D eigenvalue weighted by molar-refractivity contribution is -0.384. The number of aromatic hydroxyl groups is 1. The van der Waals surface area contributed by atoms with E-state index >= 15 is 0 Å². The first-order chi connectivity index (χ1) is 17.1. The normalized spacial score (nSPS) is 11.3. The van der Waals surface area contributed by atoms with Gasteiger partial charge in [0.05, 0.1) is 44.0 Å². The fourth-order valence-electron chi connectivity index (χ4n) is 3.52. The van der Waals surface area contributed by atoms with Gasteiger partial charge in [0.2, 0.25) is 5.75 Å². The van der Waals surface area contributed by atoms with Crippen molar-refractivity contribution in [1.82, 2.24) is 0 Å². The van der Waals surface area contributed by atoms with Crippen molar-refractivity contribution in [1.29, 1.82) is 0 Å². The first-order valence-electron chi connectivity index (χ1n) is 10.5. The highest BCUT2D eigenvalue weighted by Gasteiger charge is 2.20. The van der Waals surface area contributed by atoms with E-state index < -0.39 is 20.5 Å². The number of benzene rings is 3. The molecule has 0 unspecified atom stereocenters. The summed E-state index contributed by atoms with van der Waals surface area (Å²) in [5.74, 6) is 0.808. The standard InChI is InChI=1S/C25H25NO9S/c1-32-22-14-18(15-36(30,31)20-9-7-19(8-10-20)26(28)29)17(13-21(22)27)6-5-16-11-23(33-2)25(35-4)24(12-16)34-3/h5-14,27H,15H2,1-4H3/b6-5-. The van der Waals surface area contributed by atoms with Crippen LogP contribution in [-0.4, -0.2) is 46.9 Å². The summed E-state index contributed by atoms with van der Waals surface area (Å²) in [5, 5.41) is 21.2. The van der Waals surface area contributed by atoms with Gasteiger partial charge < -0.3 is 24.1 Å². The summed E-state index contributed by atoms with van der Waals surface area (Å²) in [6, 6.07) is 10.9. The number of hydrogen-bond acceptors (Lipinski definition) is 9. The van der Waals surface area contributed by atoms with E-state index in [0.717, 1.165) is 12.1 Å². The third-order valence-corrected chi connectivity index (χ3v) is 7.02. The SMILES string of the molecule is COc1cc(CS(=O)(=O)c2ccc([N+](=O)[O-])cc2)c(/C=C\c2cc(OC)c(OC)c(OC)c2)cc1O. The summed E-state index contributed by atoms with van der Waals surface area (Å²) >= 11 is 0. The van der Waals surface area contributed by atoms with Gasteiger partial charge in [0.1, 0.15) is 0 Å². The molecule has 0 bridgehead atoms. The number of sulfone groups is 1. The average molecular weight is 516 g/mol. The Hall–Kier alpha value is -4.25. The average Bonchev–Trinajstić information content (AvgIpc) is 2.87. The third kappa shape index (κ3) is 5.69. The van der Waals surface area contributed by atoms with Crippen molar-refractivity contribution >= 4 is 27.7 Å². The van der Waals surface area contributed by atoms with E-state index in [9.17, 15) is 23.6 Å². The number of methoxy groups -OCH3 is 4. The Bertz CT molecular complexity index is 1370. The van der Waals surface area contributed by atoms with Gasteiger partial charge in [0, 0.05) is 12.1 Å². The molecule has 11 heteroatoms. The lowest BCUT2D eigenvalue weighted by atomic mass is 10.1. The van der Waals surface area contributed by atoms with Crippen LogP contribution in [0.3, 0.4) is 0 Å². The van der Waals surface area contributed by atoms with E-state index in [-0.39, 0.29) is 22.1 Å². The smallest absolute Gasteiger partial charge is 0.269 e. The Kier molecular flexibility index (Phi) is 8.05. The first-order valence-corrected chi connectivity index (χ1v) is 12.1. The number of phenols is 1. The summed E-state index contributed by atoms with van der Waals surface area (Å²) in [4.78, 5) is 10.2. The summed E-state index contributed by atoms with van der Waals surface area (Å²) in [6.07, 6.45) is 3.34. The quantitative estimate of drug-likeness (QED) is 0.236. The fourth-order valence-corrected chi connectivity index (χ4v) is 4.89. The van der Waals surface area contributed by atoms with Crippen LogP contribution in [0.4, 0.5) is 5.69 Å². The fraction of sp³-hybridized carbons (Fsp3) is 0.200. The molecule has 0 spiro atoms. The number of hydrogen-bond donors (Lipinski definition) is 1. The second-order valence-electron chi connectivity index (χ2n) is 7.52. The largest absolute Gasteiger partial charge is 0.504 e. The Morgan fingerprint density at radius 3 is 1.94 bits per heavy atom. The molecule has 0 saturated carbocycles. The minimum atomic E-state index is -3.88. The molecule has 0 aromatic heterocycles. The molecule has 0 amide bonds. The van der Waals surface area contributed by atoms with Gasteiger partial charge in [-0.1, -0.05) is 12.2 Å². The monoisotopic (exact) mass is 515 g/mol. The van der Waals surface area contributed by atoms with Gasteiger partial charge in [0.15, 0.2) is 32.8 Å². The number of non-ortho nitro benzene ring substituents is 1. The van der Waals surface area contributed by atoms with Crippen molar-refractivity contribution in [2.45, 2.75) is 10.6 Å². The molecule has 0 saturated heterocycles. The predicted molar refractivity (Wildman–Crippen MR) is 134 cm³/mol. The minimum Gasteiger partial charge on any atom is -0.504 e. The van der Waals surface area contributed by atoms with Gasteiger partial charge in [-0.25, -0.2) is 8.42 Å². The highest BCUT2D eigenvalue weighted by atomic mass is 32.2. The lowest BCUT2D eigenvalue weighted by Gasteiger charge is -2.13. The third-order valence-electron chi connectivity index (χ3n) is 5.34. The molecule has 3 aromatic rings. The van der Waals surface area contributed by atoms with Gasteiger partial charge in [-0.05, 0) is 53.1 Å². The zero-order valence-electron chi connectivity index (χ0n) is 20.0. The molecule has 0 aliphatic rings. The lowest BCUT2D eigenvalue weighted by Crippen LogP contribution is -2.07. The number of nitro groups is 1. The molecule has 1 N–H and O–H groups in total. The van der Waals surface area contributed by atoms with Crippen LogP contribution < -0.4 is 18.9 Å². The van der Waals surface area contributed by atoms with Crippen LogP contribution in [0, 0.1) is 10.1 Å². The van der Waals surface area contributed by atoms with E-state index in [2.05, 4.69) is 0 Å². The van der Waals surface area contributed by atoms with Crippen LogP contribution >= 0.6 is 0 Å². The van der Waals surface area contributed by atoms with E-state index in [1.54, 1.807) is 24.3 Å². The molecule has 190 valence electrons. The molecule has 0 atom stereocenters. The highest BCUT2D eigenvalue weighted by Crippen LogP contribution is 2.39. The molecular weight excluding hydrogens is 490 g/mol. The second kappa shape index (κ2) is 11.0. The van der Waals surface area contributed by atoms with Crippen molar-refractivity contribution in [3.8, 4) is 28.7 Å². The molecule has 0 aliphatic heterocycles. The number of nitro benzene ring substituents is 1. The van der Waals surface area contributed by atoms with Crippen LogP contribution in [0.15, 0.2) is 53.4 Å². The zero-order chi connectivity index (χ0) is 26.5. The van der Waals surface area contributed by atoms with Gasteiger partial charge in [0.25, 0.3) is 5.69 Å². The molecule has 0 aliphatic carbocycles. The minimum absolute atomic E-state index is 0.0697. The molecule has 0 radical (unpaired) electrons. The molecule has 0 fully saturated rings. The number of nitrogens with zero attached hydrogens (tertiary/aromatic N) is 1. The molecule has 10 nitrogen and oxygen atoms in total. The molecular formula is C25H25NO9S. The maximum Gasteiger partial charge on any atom is 0.269 e. The summed E-state index contributed by atoms with van der Waals surface area (Å²) in [6.45, 7) is 0. The second-order valence-corrected chi connectivity index (χ2v) is 9.51. The van der Waals surface area contributed by atoms with Crippen molar-refractivity contribution in [2.75, 3.05) is 28.4 Å². The summed E-state index contributed by atoms with van der Waals surface area (Å²) in [7, 11) is 1.96. The molecule has 36 heavy (non-hydrogen) atoms. The van der Waals surface area contributed by atoms with Crippen LogP contribution in [0.5, 0.6) is 28.7 Å². The van der Waals surface area contributed by atoms with Crippen LogP contribution in [-0.2, 0) is 15.6 Å². The number of phenolic OH excluding ortho intramolecular Hbond substituents is 1. The highest BCUT2D eigenvalue weighted by molar-refractivity contribution is 7.90. The van der Waals surface area contributed by atoms with Crippen LogP contribution in [0.25, 0.3) is 12.2 Å². The Labute approximate surface area is 208 Å². The van der Waals surface area contributed by atoms with Crippen molar-refractivity contribution in [3.63, 3.8) is 0 Å². The van der Waals surface area contributed by atoms with Crippen molar-refractivity contribution in [2.24, 2.45) is 0 Å². The van der Waals surface area contributed by atoms with Gasteiger partial charge in [-0.15, -0.1) is 0 Å². The topological polar surface area (TPSA) is 134 Å². The molecule has 0 heterocycles. The van der Waals surface area contributed by atoms with Crippen LogP contribution in [0.2, 0.25) is 0 Å². The molecule has 3 rings (SSSR count). The summed E-state index contributed by atoms with van der Waals surface area (Å²) in [5.41, 5.74) is 1.23. The van der Waals surface area contributed by atoms with Crippen LogP contribution in [0.1, 0.15) is 16.7 Å². The van der Waals surface area contributed by atoms with E-state index in [1.165, 1.54) is 52.7 Å². The maximum absolute atomic E-state index is 13.1. The zero-order valence-corrected chi connectivity index (χ0v) is 20.9. The van der Waals surface area contributed by atoms with E-state index in [4.69, 9.17) is 18.9 Å². The summed E-state index contributed by atoms with van der Waals surface area (Å²) < 4.78 is 47.4. The number of rotatable bonds is 10. The maximum atomic E-state index is 13.1. The predicted octanol–water partition coefficient (Wildman–Crippen LogP) is 4.48. The van der Waals surface area contributed by atoms with Gasteiger partial charge in [-0.2, -0.15) is 0 Å². The van der Waals surface area contributed by atoms with Gasteiger partial charge >= 0.3 is 0 Å². The van der Waals surface area contributed by atoms with E-state index in [1.807, 2.05) is 0 Å².